The van der Waals surface area contributed by atoms with Crippen molar-refractivity contribution in [3.05, 3.63) is 64.7 Å². The summed E-state index contributed by atoms with van der Waals surface area (Å²) in [5, 5.41) is 42.4. The normalized spacial score (nSPS) is 31.8. The summed E-state index contributed by atoms with van der Waals surface area (Å²) in [4.78, 5) is 64.8. The van der Waals surface area contributed by atoms with Crippen molar-refractivity contribution in [2.75, 3.05) is 0 Å². The Balaban J connectivity index is 1.74. The van der Waals surface area contributed by atoms with E-state index in [-0.39, 0.29) is 16.7 Å². The second kappa shape index (κ2) is 8.30. The first-order valence-corrected chi connectivity index (χ1v) is 11.4. The number of phenolic OH excluding ortho intramolecular Hbond substituents is 1. The van der Waals surface area contributed by atoms with E-state index in [2.05, 4.69) is 0 Å². The Morgan fingerprint density at radius 1 is 1.08 bits per heavy atom. The number of primary amides is 1. The number of phenols is 1. The fourth-order valence-electron chi connectivity index (χ4n) is 5.87. The van der Waals surface area contributed by atoms with Gasteiger partial charge in [0.25, 0.3) is 0 Å². The summed E-state index contributed by atoms with van der Waals surface area (Å²) < 4.78 is 0. The van der Waals surface area contributed by atoms with Crippen LogP contribution in [0.25, 0.3) is 11.6 Å². The van der Waals surface area contributed by atoms with Gasteiger partial charge in [-0.05, 0) is 34.9 Å². The van der Waals surface area contributed by atoms with Crippen LogP contribution in [-0.2, 0) is 19.2 Å². The number of Topliss-reactive ketones (excluding diaryl/α,β-unsaturated/α-hetero) is 4. The molecule has 0 bridgehead atoms. The second-order valence-electron chi connectivity index (χ2n) is 9.50. The van der Waals surface area contributed by atoms with Gasteiger partial charge in [-0.2, -0.15) is 5.26 Å². The maximum Gasteiger partial charge on any atom is 0.235 e. The van der Waals surface area contributed by atoms with Gasteiger partial charge in [0.1, 0.15) is 5.75 Å². The maximum atomic E-state index is 13.7. The Kier molecular flexibility index (Phi) is 5.44. The fraction of sp³-hybridized carbons (Fsp3) is 0.259. The highest BCUT2D eigenvalue weighted by Gasteiger charge is 2.69. The molecule has 2 aromatic carbocycles. The van der Waals surface area contributed by atoms with Crippen LogP contribution in [0.2, 0.25) is 0 Å². The van der Waals surface area contributed by atoms with Crippen molar-refractivity contribution in [3.63, 3.8) is 0 Å². The number of carbonyl (C=O) groups excluding carboxylic acids is 5. The number of rotatable bonds is 2. The van der Waals surface area contributed by atoms with E-state index >= 15 is 0 Å². The van der Waals surface area contributed by atoms with Crippen LogP contribution in [0.3, 0.4) is 0 Å². The van der Waals surface area contributed by atoms with Gasteiger partial charge in [0, 0.05) is 18.3 Å². The van der Waals surface area contributed by atoms with Gasteiger partial charge in [0.2, 0.25) is 5.91 Å². The van der Waals surface area contributed by atoms with E-state index in [1.165, 1.54) is 18.2 Å². The van der Waals surface area contributed by atoms with Crippen LogP contribution in [0.15, 0.2) is 42.5 Å². The van der Waals surface area contributed by atoms with Crippen molar-refractivity contribution in [3.8, 4) is 11.8 Å². The van der Waals surface area contributed by atoms with E-state index in [0.717, 1.165) is 0 Å². The lowest BCUT2D eigenvalue weighted by atomic mass is 9.51. The number of amides is 1. The Labute approximate surface area is 209 Å². The lowest BCUT2D eigenvalue weighted by Gasteiger charge is -2.51. The van der Waals surface area contributed by atoms with Gasteiger partial charge in [0.15, 0.2) is 34.7 Å². The van der Waals surface area contributed by atoms with E-state index in [1.807, 2.05) is 6.07 Å². The molecule has 10 heteroatoms. The first kappa shape index (κ1) is 24.2. The summed E-state index contributed by atoms with van der Waals surface area (Å²) in [6.07, 6.45) is -0.834. The molecule has 5 N–H and O–H groups in total. The molecule has 10 nitrogen and oxygen atoms in total. The number of aromatic hydroxyl groups is 1. The Morgan fingerprint density at radius 2 is 1.76 bits per heavy atom. The zero-order valence-electron chi connectivity index (χ0n) is 19.1. The zero-order chi connectivity index (χ0) is 26.8. The van der Waals surface area contributed by atoms with Gasteiger partial charge in [-0.25, -0.2) is 0 Å². The van der Waals surface area contributed by atoms with Crippen LogP contribution in [0, 0.1) is 35.0 Å². The van der Waals surface area contributed by atoms with E-state index in [0.29, 0.717) is 11.1 Å². The number of aliphatic hydroxyl groups excluding tert-OH is 1. The number of aliphatic hydroxyl groups is 2. The topological polar surface area (TPSA) is 196 Å². The number of nitrogens with zero attached hydrogens (tertiary/aromatic N) is 1. The predicted octanol–water partition coefficient (Wildman–Crippen LogP) is 0.167. The highest BCUT2D eigenvalue weighted by molar-refractivity contribution is 6.32. The molecule has 0 aliphatic heterocycles. The minimum absolute atomic E-state index is 0.225. The quantitative estimate of drug-likeness (QED) is 0.415. The van der Waals surface area contributed by atoms with Crippen LogP contribution in [0.1, 0.15) is 33.5 Å². The third kappa shape index (κ3) is 3.28. The molecule has 6 atom stereocenters. The van der Waals surface area contributed by atoms with Crippen molar-refractivity contribution < 1.29 is 39.3 Å². The van der Waals surface area contributed by atoms with Gasteiger partial charge in [-0.15, -0.1) is 0 Å². The number of benzene rings is 2. The van der Waals surface area contributed by atoms with Crippen LogP contribution in [-0.4, -0.2) is 56.1 Å². The summed E-state index contributed by atoms with van der Waals surface area (Å²) in [6.45, 7) is 0. The van der Waals surface area contributed by atoms with Crippen LogP contribution in [0.4, 0.5) is 0 Å². The predicted molar refractivity (Wildman–Crippen MR) is 125 cm³/mol. The molecule has 0 saturated heterocycles. The number of carbonyl (C=O) groups is 5. The summed E-state index contributed by atoms with van der Waals surface area (Å²) in [5.74, 6) is -13.1. The molecule has 0 heterocycles. The average molecular weight is 500 g/mol. The van der Waals surface area contributed by atoms with E-state index < -0.39 is 76.6 Å². The van der Waals surface area contributed by atoms with Crippen molar-refractivity contribution in [1.29, 1.82) is 5.26 Å². The standard InChI is InChI=1S/C27H20N2O8/c28-10-12-6-4-11(5-7-12)8-14-13-2-1-3-16(30)18(13)23(33)21-19(14)22(32)15-9-17(31)20(26(29)36)24(34)27(15,37)25(21)35/h1-8,15,19-22,30,32,37H,9H2,(H2,29,36)/b14-8+. The third-order valence-corrected chi connectivity index (χ3v) is 7.60. The second-order valence-corrected chi connectivity index (χ2v) is 9.50. The van der Waals surface area contributed by atoms with Crippen molar-refractivity contribution in [2.45, 2.75) is 18.1 Å². The number of nitrogens with two attached hydrogens (primary N) is 1. The molecule has 37 heavy (non-hydrogen) atoms. The number of nitriles is 1. The Bertz CT molecular complexity index is 1480. The first-order chi connectivity index (χ1) is 17.5. The first-order valence-electron chi connectivity index (χ1n) is 11.4. The maximum absolute atomic E-state index is 13.7. The molecule has 2 saturated carbocycles. The Hall–Kier alpha value is -4.46. The minimum Gasteiger partial charge on any atom is -0.507 e. The lowest BCUT2D eigenvalue weighted by Crippen LogP contribution is -2.72. The number of fused-ring (bicyclic) bond motifs is 3. The molecule has 1 amide bonds. The molecule has 186 valence electrons. The van der Waals surface area contributed by atoms with Gasteiger partial charge < -0.3 is 21.1 Å². The Morgan fingerprint density at radius 3 is 2.38 bits per heavy atom. The lowest BCUT2D eigenvalue weighted by molar-refractivity contribution is -0.185. The third-order valence-electron chi connectivity index (χ3n) is 7.60. The molecular formula is C27H20N2O8. The molecule has 5 rings (SSSR count). The van der Waals surface area contributed by atoms with Crippen molar-refractivity contribution >= 4 is 40.7 Å². The molecule has 2 aromatic rings. The van der Waals surface area contributed by atoms with Crippen molar-refractivity contribution in [2.24, 2.45) is 29.4 Å². The zero-order valence-corrected chi connectivity index (χ0v) is 19.1. The van der Waals surface area contributed by atoms with Crippen LogP contribution < -0.4 is 5.73 Å². The molecular weight excluding hydrogens is 480 g/mol. The molecule has 2 fully saturated rings. The van der Waals surface area contributed by atoms with Gasteiger partial charge in [-0.3, -0.25) is 24.0 Å². The van der Waals surface area contributed by atoms with E-state index in [4.69, 9.17) is 11.0 Å². The molecule has 0 aromatic heterocycles. The van der Waals surface area contributed by atoms with Gasteiger partial charge in [-0.1, -0.05) is 30.3 Å². The molecule has 0 spiro atoms. The monoisotopic (exact) mass is 500 g/mol. The number of hydrogen-bond donors (Lipinski definition) is 4. The SMILES string of the molecule is N#Cc1ccc(/C=C2\c3cccc(O)c3C(=O)C3C(=O)C4(O)C(=O)C(C(N)=O)C(=O)CC4C(O)C23)cc1. The smallest absolute Gasteiger partial charge is 0.235 e. The molecule has 3 aliphatic carbocycles. The summed E-state index contributed by atoms with van der Waals surface area (Å²) in [7, 11) is 0. The highest BCUT2D eigenvalue weighted by Crippen LogP contribution is 2.54. The minimum atomic E-state index is -2.99. The largest absolute Gasteiger partial charge is 0.507 e. The number of ketones is 4. The summed E-state index contributed by atoms with van der Waals surface area (Å²) >= 11 is 0. The molecule has 0 radical (unpaired) electrons. The molecule has 3 aliphatic rings. The highest BCUT2D eigenvalue weighted by atomic mass is 16.3. The van der Waals surface area contributed by atoms with Crippen LogP contribution >= 0.6 is 0 Å². The summed E-state index contributed by atoms with van der Waals surface area (Å²) in [5.41, 5.74) is 3.39. The van der Waals surface area contributed by atoms with Gasteiger partial charge >= 0.3 is 0 Å². The van der Waals surface area contributed by atoms with E-state index in [1.54, 1.807) is 30.3 Å². The van der Waals surface area contributed by atoms with Gasteiger partial charge in [0.05, 0.1) is 29.2 Å². The number of hydrogen-bond acceptors (Lipinski definition) is 9. The summed E-state index contributed by atoms with van der Waals surface area (Å²) in [6, 6.07) is 12.5. The molecule has 6 unspecified atom stereocenters. The fourth-order valence-corrected chi connectivity index (χ4v) is 5.87. The van der Waals surface area contributed by atoms with Crippen molar-refractivity contribution in [1.82, 2.24) is 0 Å². The van der Waals surface area contributed by atoms with Crippen LogP contribution in [0.5, 0.6) is 5.75 Å². The average Bonchev–Trinajstić information content (AvgIpc) is 2.86. The van der Waals surface area contributed by atoms with E-state index in [9.17, 15) is 39.3 Å².